The van der Waals surface area contributed by atoms with Gasteiger partial charge in [0.05, 0.1) is 34.1 Å². The van der Waals surface area contributed by atoms with Crippen LogP contribution in [0.2, 0.25) is 0 Å². The van der Waals surface area contributed by atoms with Crippen molar-refractivity contribution >= 4 is 143 Å². The summed E-state index contributed by atoms with van der Waals surface area (Å²) in [6, 6.07) is 171. The average molecular weight is 1740 g/mol. The monoisotopic (exact) mass is 1740 g/mol. The third kappa shape index (κ3) is 14.5. The summed E-state index contributed by atoms with van der Waals surface area (Å²) in [7, 11) is 0. The average Bonchev–Trinajstić information content (AvgIpc) is 0.680. The Morgan fingerprint density at radius 1 is 0.201 bits per heavy atom. The van der Waals surface area contributed by atoms with Gasteiger partial charge in [0.25, 0.3) is 6.71 Å². The van der Waals surface area contributed by atoms with Gasteiger partial charge in [-0.2, -0.15) is 0 Å². The molecule has 4 aliphatic rings. The molecule has 0 amide bonds. The van der Waals surface area contributed by atoms with Crippen LogP contribution in [-0.4, -0.2) is 13.4 Å². The Bertz CT molecular complexity index is 7590. The summed E-state index contributed by atoms with van der Waals surface area (Å²) in [6.45, 7) is 20.1. The van der Waals surface area contributed by atoms with Gasteiger partial charge < -0.3 is 24.5 Å². The van der Waals surface area contributed by atoms with Crippen LogP contribution in [0.15, 0.2) is 459 Å². The quantitative estimate of drug-likeness (QED) is 0.0890. The standard InChI is InChI=1S/C126H101B2N5S/c1-124(2,3)91-72-66-88(67-73-91)98-52-28-33-61-109(98)129(94-48-24-14-25-49-94)96-78-115-120-116(79-96)132(122-101(84-40-16-10-17-41-84)55-38-56-102(122)85-42-18-11-19-43-85)113-83-114-108(82-107(113)127(120)105-59-31-36-64-112(105)131(115)111-63-35-30-54-100(111)90-70-76-93(77-71-90)126(7,8)9)128-106-60-32-37-65-118(106)134-119-81-97(130(95-50-26-15-27-51-95)110-62-34-29-53-99(110)89-68-74-92(75-69-89)125(4,5)6)80-117(121(119)128)133(114)123-103(86-44-20-12-21-45-86)57-39-58-104(123)87-46-22-13-23-47-87/h10-83H,1-9H3. The van der Waals surface area contributed by atoms with Crippen molar-refractivity contribution in [1.82, 2.24) is 0 Å². The summed E-state index contributed by atoms with van der Waals surface area (Å²) >= 11 is 1.90. The molecular formula is C126H101B2N5S. The molecule has 4 aliphatic heterocycles. The minimum Gasteiger partial charge on any atom is -0.311 e. The molecule has 0 saturated heterocycles. The van der Waals surface area contributed by atoms with E-state index in [4.69, 9.17) is 0 Å². The fourth-order valence-corrected chi connectivity index (χ4v) is 22.5. The Morgan fingerprint density at radius 2 is 0.515 bits per heavy atom. The van der Waals surface area contributed by atoms with Crippen molar-refractivity contribution in [2.24, 2.45) is 0 Å². The van der Waals surface area contributed by atoms with E-state index in [2.05, 4.69) is 536 Å². The number of fused-ring (bicyclic) bond motifs is 8. The first-order chi connectivity index (χ1) is 65.4. The van der Waals surface area contributed by atoms with Crippen LogP contribution in [0, 0.1) is 0 Å². The lowest BCUT2D eigenvalue weighted by Gasteiger charge is -2.48. The Labute approximate surface area is 793 Å². The van der Waals surface area contributed by atoms with Gasteiger partial charge in [-0.05, 0) is 184 Å². The van der Waals surface area contributed by atoms with Crippen molar-refractivity contribution in [2.75, 3.05) is 24.5 Å². The molecular weight excluding hydrogens is 1640 g/mol. The van der Waals surface area contributed by atoms with Gasteiger partial charge in [0.15, 0.2) is 0 Å². The van der Waals surface area contributed by atoms with Crippen LogP contribution < -0.4 is 57.3 Å². The predicted octanol–water partition coefficient (Wildman–Crippen LogP) is 31.0. The van der Waals surface area contributed by atoms with Crippen molar-refractivity contribution in [3.8, 4) is 77.9 Å². The van der Waals surface area contributed by atoms with Gasteiger partial charge >= 0.3 is 0 Å². The first kappa shape index (κ1) is 83.0. The van der Waals surface area contributed by atoms with Gasteiger partial charge in [-0.3, -0.25) is 0 Å². The van der Waals surface area contributed by atoms with Crippen LogP contribution in [0.5, 0.6) is 0 Å². The highest BCUT2D eigenvalue weighted by Gasteiger charge is 2.50. The largest absolute Gasteiger partial charge is 0.311 e. The maximum absolute atomic E-state index is 2.76. The second-order valence-electron chi connectivity index (χ2n) is 39.1. The molecule has 0 spiro atoms. The third-order valence-electron chi connectivity index (χ3n) is 27.8. The molecule has 4 heterocycles. The maximum atomic E-state index is 2.76. The predicted molar refractivity (Wildman–Crippen MR) is 574 cm³/mol. The lowest BCUT2D eigenvalue weighted by Crippen LogP contribution is -2.64. The van der Waals surface area contributed by atoms with Crippen LogP contribution in [0.4, 0.5) is 85.3 Å². The third-order valence-corrected chi connectivity index (χ3v) is 28.9. The van der Waals surface area contributed by atoms with E-state index in [0.29, 0.717) is 0 Å². The smallest absolute Gasteiger partial charge is 0.252 e. The van der Waals surface area contributed by atoms with Crippen LogP contribution in [0.1, 0.15) is 79.0 Å². The van der Waals surface area contributed by atoms with E-state index in [1.165, 1.54) is 59.3 Å². The first-order valence-electron chi connectivity index (χ1n) is 47.0. The van der Waals surface area contributed by atoms with Gasteiger partial charge in [0, 0.05) is 99.9 Å². The van der Waals surface area contributed by atoms with E-state index < -0.39 is 0 Å². The second-order valence-corrected chi connectivity index (χ2v) is 40.1. The summed E-state index contributed by atoms with van der Waals surface area (Å²) in [4.78, 5) is 15.7. The van der Waals surface area contributed by atoms with Gasteiger partial charge in [-0.25, -0.2) is 0 Å². The molecule has 8 heteroatoms. The van der Waals surface area contributed by atoms with Crippen molar-refractivity contribution in [3.05, 3.63) is 466 Å². The van der Waals surface area contributed by atoms with Gasteiger partial charge in [-0.15, -0.1) is 0 Å². The summed E-state index contributed by atoms with van der Waals surface area (Å²) in [5.74, 6) is 0. The molecule has 0 aromatic heterocycles. The second kappa shape index (κ2) is 33.5. The number of hydrogen-bond donors (Lipinski definition) is 0. The fourth-order valence-electron chi connectivity index (χ4n) is 21.3. The highest BCUT2D eigenvalue weighted by Crippen LogP contribution is 2.58. The molecule has 0 aliphatic carbocycles. The van der Waals surface area contributed by atoms with Gasteiger partial charge in [-0.1, -0.05) is 444 Å². The summed E-state index contributed by atoms with van der Waals surface area (Å²) in [6.07, 6.45) is 0. The van der Waals surface area contributed by atoms with Crippen LogP contribution >= 0.6 is 11.8 Å². The lowest BCUT2D eigenvalue weighted by atomic mass is 9.30. The molecule has 23 rings (SSSR count). The Kier molecular flexibility index (Phi) is 20.8. The molecule has 5 nitrogen and oxygen atoms in total. The van der Waals surface area contributed by atoms with E-state index in [-0.39, 0.29) is 29.7 Å². The Hall–Kier alpha value is -15.3. The number of rotatable bonds is 16. The lowest BCUT2D eigenvalue weighted by molar-refractivity contribution is 0.590. The van der Waals surface area contributed by atoms with E-state index in [1.54, 1.807) is 0 Å². The summed E-state index contributed by atoms with van der Waals surface area (Å²) in [5.41, 5.74) is 42.7. The maximum Gasteiger partial charge on any atom is 0.252 e. The minimum atomic E-state index is -0.357. The summed E-state index contributed by atoms with van der Waals surface area (Å²) in [5, 5.41) is 0. The SMILES string of the molecule is CC(C)(C)c1ccc(-c2ccccc2N(c2ccccc2)c2cc3c4c(c2)N(c2c(-c5ccccc5)cccc2-c2ccccc2)c2cc5c(cc2B4c2ccccc2S3)B2c3ccccc3N(c3ccccc3-c3ccc(C(C)(C)C)cc3)c3cc(N(c4ccccc4)c4ccccc4-c4ccc(C(C)(C)C)cc4)cc(c32)N5c2c(-c3ccccc3)cccc2-c2ccccc2)cc1. The van der Waals surface area contributed by atoms with Crippen LogP contribution in [0.3, 0.4) is 0 Å². The van der Waals surface area contributed by atoms with Crippen LogP contribution in [-0.2, 0) is 16.2 Å². The molecule has 0 saturated carbocycles. The zero-order valence-corrected chi connectivity index (χ0v) is 77.8. The molecule has 134 heavy (non-hydrogen) atoms. The number of anilines is 15. The molecule has 0 N–H and O–H groups in total. The van der Waals surface area contributed by atoms with Crippen molar-refractivity contribution in [2.45, 2.75) is 88.3 Å². The molecule has 0 radical (unpaired) electrons. The number of benzene rings is 19. The topological polar surface area (TPSA) is 16.2 Å². The first-order valence-corrected chi connectivity index (χ1v) is 47.8. The Morgan fingerprint density at radius 3 is 0.940 bits per heavy atom. The van der Waals surface area contributed by atoms with Crippen molar-refractivity contribution in [1.29, 1.82) is 0 Å². The minimum absolute atomic E-state index is 0.0286. The van der Waals surface area contributed by atoms with Crippen molar-refractivity contribution in [3.63, 3.8) is 0 Å². The molecule has 19 aromatic carbocycles. The number of para-hydroxylation sites is 8. The van der Waals surface area contributed by atoms with Gasteiger partial charge in [0.1, 0.15) is 0 Å². The highest BCUT2D eigenvalue weighted by atomic mass is 32.2. The van der Waals surface area contributed by atoms with E-state index >= 15 is 0 Å². The zero-order chi connectivity index (χ0) is 90.7. The van der Waals surface area contributed by atoms with E-state index in [0.717, 1.165) is 163 Å². The fraction of sp³-hybridized carbons (Fsp3) is 0.0952. The molecule has 0 bridgehead atoms. The molecule has 0 unspecified atom stereocenters. The molecule has 0 fully saturated rings. The number of hydrogen-bond acceptors (Lipinski definition) is 6. The highest BCUT2D eigenvalue weighted by molar-refractivity contribution is 8.00. The van der Waals surface area contributed by atoms with Crippen LogP contribution in [0.25, 0.3) is 77.9 Å². The summed E-state index contributed by atoms with van der Waals surface area (Å²) < 4.78 is 0. The Balaban J connectivity index is 0.884. The number of nitrogens with zero attached hydrogens (tertiary/aromatic N) is 5. The molecule has 19 aromatic rings. The normalized spacial score (nSPS) is 12.9. The van der Waals surface area contributed by atoms with Gasteiger partial charge in [0.2, 0.25) is 6.71 Å². The van der Waals surface area contributed by atoms with E-state index in [1.807, 2.05) is 11.8 Å². The molecule has 642 valence electrons. The van der Waals surface area contributed by atoms with Crippen molar-refractivity contribution < 1.29 is 0 Å². The molecule has 0 atom stereocenters. The van der Waals surface area contributed by atoms with E-state index in [9.17, 15) is 0 Å². The zero-order valence-electron chi connectivity index (χ0n) is 77.0.